The molecule has 1 atom stereocenters. The van der Waals surface area contributed by atoms with Crippen LogP contribution in [0.15, 0.2) is 24.3 Å². The average molecular weight is 537 g/mol. The van der Waals surface area contributed by atoms with E-state index in [1.165, 1.54) is 0 Å². The Morgan fingerprint density at radius 3 is 2.36 bits per heavy atom. The lowest BCUT2D eigenvalue weighted by Gasteiger charge is -2.27. The highest BCUT2D eigenvalue weighted by Crippen LogP contribution is 2.29. The maximum absolute atomic E-state index is 12.0. The van der Waals surface area contributed by atoms with Crippen molar-refractivity contribution in [3.05, 3.63) is 27.8 Å². The summed E-state index contributed by atoms with van der Waals surface area (Å²) in [6, 6.07) is 7.64. The van der Waals surface area contributed by atoms with Crippen molar-refractivity contribution < 1.29 is 4.79 Å². The number of hydrogen-bond donors (Lipinski definition) is 3. The van der Waals surface area contributed by atoms with Crippen molar-refractivity contribution in [2.75, 3.05) is 5.32 Å². The molecule has 0 spiro atoms. The van der Waals surface area contributed by atoms with Crippen molar-refractivity contribution in [3.63, 3.8) is 0 Å². The number of benzene rings is 1. The highest BCUT2D eigenvalue weighted by Gasteiger charge is 2.34. The summed E-state index contributed by atoms with van der Waals surface area (Å²) in [4.78, 5) is 12.0. The zero-order chi connectivity index (χ0) is 18.9. The van der Waals surface area contributed by atoms with Gasteiger partial charge in [0.2, 0.25) is 9.70 Å². The van der Waals surface area contributed by atoms with Crippen molar-refractivity contribution >= 4 is 86.3 Å². The highest BCUT2D eigenvalue weighted by atomic mass is 127. The molecule has 0 aliphatic carbocycles. The van der Waals surface area contributed by atoms with Gasteiger partial charge in [0.15, 0.2) is 5.11 Å². The highest BCUT2D eigenvalue weighted by molar-refractivity contribution is 14.1. The summed E-state index contributed by atoms with van der Waals surface area (Å²) in [5.74, 6) is -0.183. The van der Waals surface area contributed by atoms with E-state index in [0.29, 0.717) is 6.42 Å². The fourth-order valence-electron chi connectivity index (χ4n) is 1.98. The van der Waals surface area contributed by atoms with Crippen LogP contribution in [0.2, 0.25) is 0 Å². The minimum Gasteiger partial charge on any atom is -0.339 e. The first-order valence-corrected chi connectivity index (χ1v) is 10.5. The summed E-state index contributed by atoms with van der Waals surface area (Å²) in [5.41, 5.74) is 0.798. The first kappa shape index (κ1) is 23.0. The third kappa shape index (κ3) is 10.0. The van der Waals surface area contributed by atoms with Gasteiger partial charge in [-0.05, 0) is 65.5 Å². The zero-order valence-electron chi connectivity index (χ0n) is 13.8. The monoisotopic (exact) mass is 535 g/mol. The van der Waals surface area contributed by atoms with Gasteiger partial charge in [-0.1, -0.05) is 61.0 Å². The largest absolute Gasteiger partial charge is 0.339 e. The predicted octanol–water partition coefficient (Wildman–Crippen LogP) is 5.36. The Hall–Kier alpha value is -0.0200. The van der Waals surface area contributed by atoms with Gasteiger partial charge in [-0.2, -0.15) is 0 Å². The first-order valence-electron chi connectivity index (χ1n) is 7.91. The van der Waals surface area contributed by atoms with E-state index >= 15 is 0 Å². The molecule has 0 aliphatic heterocycles. The SMILES string of the molecule is CCCCCCC(=O)N[C@@H](NC(=S)Nc1ccc(I)cc1)C(Cl)(Cl)Cl. The molecule has 140 valence electrons. The average Bonchev–Trinajstić information content (AvgIpc) is 2.52. The lowest BCUT2D eigenvalue weighted by atomic mass is 10.1. The first-order chi connectivity index (χ1) is 11.7. The molecule has 0 bridgehead atoms. The predicted molar refractivity (Wildman–Crippen MR) is 119 cm³/mol. The summed E-state index contributed by atoms with van der Waals surface area (Å²) in [6.45, 7) is 2.12. The third-order valence-corrected chi connectivity index (χ3v) is 4.86. The fraction of sp³-hybridized carbons (Fsp3) is 0.500. The molecule has 0 aromatic heterocycles. The zero-order valence-corrected chi connectivity index (χ0v) is 19.0. The Balaban J connectivity index is 2.56. The van der Waals surface area contributed by atoms with Crippen molar-refractivity contribution in [3.8, 4) is 0 Å². The van der Waals surface area contributed by atoms with Crippen molar-refractivity contribution in [1.82, 2.24) is 10.6 Å². The Kier molecular flexibility index (Phi) is 10.7. The summed E-state index contributed by atoms with van der Waals surface area (Å²) in [7, 11) is 0. The minimum absolute atomic E-state index is 0.183. The molecule has 0 saturated carbocycles. The van der Waals surface area contributed by atoms with E-state index in [0.717, 1.165) is 34.9 Å². The number of amides is 1. The second-order valence-corrected chi connectivity index (χ2v) is 9.48. The number of carbonyl (C=O) groups excluding carboxylic acids is 1. The van der Waals surface area contributed by atoms with Gasteiger partial charge >= 0.3 is 0 Å². The molecule has 4 nitrogen and oxygen atoms in total. The number of nitrogens with one attached hydrogen (secondary N) is 3. The van der Waals surface area contributed by atoms with E-state index in [1.807, 2.05) is 24.3 Å². The molecule has 0 unspecified atom stereocenters. The summed E-state index contributed by atoms with van der Waals surface area (Å²) < 4.78 is -0.631. The summed E-state index contributed by atoms with van der Waals surface area (Å²) >= 11 is 25.3. The van der Waals surface area contributed by atoms with Crippen LogP contribution in [-0.4, -0.2) is 21.0 Å². The van der Waals surface area contributed by atoms with E-state index < -0.39 is 9.96 Å². The van der Waals surface area contributed by atoms with Crippen LogP contribution in [0.5, 0.6) is 0 Å². The Morgan fingerprint density at radius 1 is 1.16 bits per heavy atom. The van der Waals surface area contributed by atoms with Gasteiger partial charge < -0.3 is 16.0 Å². The second kappa shape index (κ2) is 11.6. The molecule has 0 heterocycles. The summed E-state index contributed by atoms with van der Waals surface area (Å²) in [5, 5.41) is 8.78. The number of carbonyl (C=O) groups is 1. The van der Waals surface area contributed by atoms with Crippen LogP contribution >= 0.6 is 69.6 Å². The van der Waals surface area contributed by atoms with E-state index in [4.69, 9.17) is 47.0 Å². The van der Waals surface area contributed by atoms with Crippen molar-refractivity contribution in [2.24, 2.45) is 0 Å². The smallest absolute Gasteiger partial charge is 0.228 e. The van der Waals surface area contributed by atoms with Gasteiger partial charge in [0.25, 0.3) is 0 Å². The second-order valence-electron chi connectivity index (χ2n) is 5.46. The maximum atomic E-state index is 12.0. The molecule has 0 aliphatic rings. The number of anilines is 1. The molecule has 1 aromatic rings. The molecule has 9 heteroatoms. The van der Waals surface area contributed by atoms with Crippen LogP contribution in [-0.2, 0) is 4.79 Å². The minimum atomic E-state index is -1.74. The molecule has 0 fully saturated rings. The molecule has 25 heavy (non-hydrogen) atoms. The molecule has 1 aromatic carbocycles. The topological polar surface area (TPSA) is 53.2 Å². The normalized spacial score (nSPS) is 12.4. The van der Waals surface area contributed by atoms with Crippen LogP contribution in [0.3, 0.4) is 0 Å². The van der Waals surface area contributed by atoms with Crippen LogP contribution < -0.4 is 16.0 Å². The van der Waals surface area contributed by atoms with E-state index in [-0.39, 0.29) is 11.0 Å². The maximum Gasteiger partial charge on any atom is 0.228 e. The van der Waals surface area contributed by atoms with Crippen LogP contribution in [0.4, 0.5) is 5.69 Å². The molecule has 3 N–H and O–H groups in total. The van der Waals surface area contributed by atoms with Crippen molar-refractivity contribution in [2.45, 2.75) is 49.0 Å². The fourth-order valence-corrected chi connectivity index (χ4v) is 2.90. The molecular formula is C16H21Cl3IN3OS. The molecule has 0 saturated heterocycles. The summed E-state index contributed by atoms with van der Waals surface area (Å²) in [6.07, 6.45) is 3.47. The van der Waals surface area contributed by atoms with Crippen molar-refractivity contribution in [1.29, 1.82) is 0 Å². The number of hydrogen-bond acceptors (Lipinski definition) is 2. The van der Waals surface area contributed by atoms with Crippen LogP contribution in [0, 0.1) is 3.57 Å². The van der Waals surface area contributed by atoms with Gasteiger partial charge in [0, 0.05) is 15.7 Å². The number of halogens is 4. The lowest BCUT2D eigenvalue weighted by molar-refractivity contribution is -0.122. The lowest BCUT2D eigenvalue weighted by Crippen LogP contribution is -2.56. The number of thiocarbonyl (C=S) groups is 1. The Labute approximate surface area is 182 Å². The Morgan fingerprint density at radius 2 is 1.80 bits per heavy atom. The van der Waals surface area contributed by atoms with Gasteiger partial charge in [-0.15, -0.1) is 0 Å². The molecule has 1 amide bonds. The quantitative estimate of drug-likeness (QED) is 0.138. The van der Waals surface area contributed by atoms with E-state index in [2.05, 4.69) is 45.5 Å². The molecule has 1 rings (SSSR count). The number of rotatable bonds is 8. The molecular weight excluding hydrogens is 516 g/mol. The van der Waals surface area contributed by atoms with Gasteiger partial charge in [0.1, 0.15) is 6.17 Å². The number of unbranched alkanes of at least 4 members (excludes halogenated alkanes) is 3. The molecule has 0 radical (unpaired) electrons. The Bertz CT molecular complexity index is 567. The van der Waals surface area contributed by atoms with E-state index in [9.17, 15) is 4.79 Å². The standard InChI is InChI=1S/C16H21Cl3IN3OS/c1-2-3-4-5-6-13(24)22-14(16(17,18)19)23-15(25)21-12-9-7-11(20)8-10-12/h7-10,14H,2-6H2,1H3,(H,22,24)(H2,21,23,25)/t14-/m0/s1. The van der Waals surface area contributed by atoms with Crippen LogP contribution in [0.25, 0.3) is 0 Å². The third-order valence-electron chi connectivity index (χ3n) is 3.27. The van der Waals surface area contributed by atoms with Gasteiger partial charge in [0.05, 0.1) is 0 Å². The van der Waals surface area contributed by atoms with E-state index in [1.54, 1.807) is 0 Å². The number of alkyl halides is 3. The van der Waals surface area contributed by atoms with Gasteiger partial charge in [-0.3, -0.25) is 4.79 Å². The van der Waals surface area contributed by atoms with Crippen LogP contribution in [0.1, 0.15) is 39.0 Å². The van der Waals surface area contributed by atoms with Gasteiger partial charge in [-0.25, -0.2) is 0 Å².